The largest absolute Gasteiger partial charge is 0.294 e. The van der Waals surface area contributed by atoms with E-state index in [0.717, 1.165) is 22.3 Å². The third-order valence-corrected chi connectivity index (χ3v) is 3.07. The second-order valence-electron chi connectivity index (χ2n) is 4.73. The van der Waals surface area contributed by atoms with E-state index in [1.807, 2.05) is 26.0 Å². The summed E-state index contributed by atoms with van der Waals surface area (Å²) in [5, 5.41) is 0. The molecule has 0 aliphatic rings. The molecule has 1 heterocycles. The van der Waals surface area contributed by atoms with Gasteiger partial charge in [-0.05, 0) is 49.6 Å². The van der Waals surface area contributed by atoms with Crippen LogP contribution in [0.4, 0.5) is 0 Å². The summed E-state index contributed by atoms with van der Waals surface area (Å²) in [6.45, 7) is 6.05. The predicted octanol–water partition coefficient (Wildman–Crippen LogP) is 3.43. The van der Waals surface area contributed by atoms with E-state index in [-0.39, 0.29) is 5.78 Å². The van der Waals surface area contributed by atoms with Gasteiger partial charge < -0.3 is 0 Å². The number of aromatic nitrogens is 1. The quantitative estimate of drug-likeness (QED) is 0.768. The number of pyridine rings is 1. The fourth-order valence-electron chi connectivity index (χ4n) is 2.39. The van der Waals surface area contributed by atoms with Crippen molar-refractivity contribution >= 4 is 5.78 Å². The summed E-state index contributed by atoms with van der Waals surface area (Å²) in [5.74, 6) is 0.177. The molecule has 18 heavy (non-hydrogen) atoms. The molecule has 0 bridgehead atoms. The zero-order valence-electron chi connectivity index (χ0n) is 11.0. The smallest absolute Gasteiger partial charge is 0.167 e. The number of ketones is 1. The molecule has 2 nitrogen and oxygen atoms in total. The summed E-state index contributed by atoms with van der Waals surface area (Å²) < 4.78 is 0. The van der Waals surface area contributed by atoms with Gasteiger partial charge in [0.2, 0.25) is 0 Å². The molecule has 2 rings (SSSR count). The van der Waals surface area contributed by atoms with Crippen molar-refractivity contribution in [1.82, 2.24) is 4.98 Å². The SMILES string of the molecule is Cc1cc(C)c(C(=O)Cc2ccncc2)c(C)c1. The molecule has 0 saturated heterocycles. The van der Waals surface area contributed by atoms with Crippen molar-refractivity contribution < 1.29 is 4.79 Å². The average molecular weight is 239 g/mol. The Morgan fingerprint density at radius 3 is 2.17 bits per heavy atom. The molecule has 0 amide bonds. The van der Waals surface area contributed by atoms with Crippen molar-refractivity contribution in [3.05, 3.63) is 64.5 Å². The number of hydrogen-bond acceptors (Lipinski definition) is 2. The first kappa shape index (κ1) is 12.5. The molecule has 2 aromatic rings. The second kappa shape index (κ2) is 5.13. The van der Waals surface area contributed by atoms with Crippen LogP contribution in [0, 0.1) is 20.8 Å². The lowest BCUT2D eigenvalue weighted by molar-refractivity contribution is 0.0992. The maximum Gasteiger partial charge on any atom is 0.167 e. The molecule has 1 aromatic carbocycles. The van der Waals surface area contributed by atoms with E-state index >= 15 is 0 Å². The van der Waals surface area contributed by atoms with Crippen LogP contribution >= 0.6 is 0 Å². The summed E-state index contributed by atoms with van der Waals surface area (Å²) >= 11 is 0. The lowest BCUT2D eigenvalue weighted by Crippen LogP contribution is -2.08. The summed E-state index contributed by atoms with van der Waals surface area (Å²) in [6.07, 6.45) is 3.88. The second-order valence-corrected chi connectivity index (χ2v) is 4.73. The molecule has 0 atom stereocenters. The van der Waals surface area contributed by atoms with E-state index in [2.05, 4.69) is 24.0 Å². The van der Waals surface area contributed by atoms with Crippen molar-refractivity contribution in [2.24, 2.45) is 0 Å². The topological polar surface area (TPSA) is 30.0 Å². The molecule has 0 N–H and O–H groups in total. The first-order chi connectivity index (χ1) is 8.58. The van der Waals surface area contributed by atoms with E-state index in [1.165, 1.54) is 5.56 Å². The van der Waals surface area contributed by atoms with Crippen LogP contribution in [-0.4, -0.2) is 10.8 Å². The normalized spacial score (nSPS) is 10.4. The number of nitrogens with zero attached hydrogens (tertiary/aromatic N) is 1. The molecule has 0 fully saturated rings. The molecule has 0 unspecified atom stereocenters. The van der Waals surface area contributed by atoms with Crippen molar-refractivity contribution in [1.29, 1.82) is 0 Å². The average Bonchev–Trinajstić information content (AvgIpc) is 2.28. The van der Waals surface area contributed by atoms with Crippen LogP contribution in [0.1, 0.15) is 32.6 Å². The van der Waals surface area contributed by atoms with E-state index in [0.29, 0.717) is 6.42 Å². The Labute approximate surface area is 108 Å². The fourth-order valence-corrected chi connectivity index (χ4v) is 2.39. The number of benzene rings is 1. The van der Waals surface area contributed by atoms with Crippen LogP contribution in [0.15, 0.2) is 36.7 Å². The molecule has 0 aliphatic carbocycles. The van der Waals surface area contributed by atoms with Crippen LogP contribution in [0.2, 0.25) is 0 Å². The van der Waals surface area contributed by atoms with Crippen LogP contribution in [0.5, 0.6) is 0 Å². The van der Waals surface area contributed by atoms with Crippen LogP contribution in [0.3, 0.4) is 0 Å². The Morgan fingerprint density at radius 1 is 1.06 bits per heavy atom. The molecule has 92 valence electrons. The molecular weight excluding hydrogens is 222 g/mol. The zero-order chi connectivity index (χ0) is 13.1. The first-order valence-electron chi connectivity index (χ1n) is 6.08. The number of aryl methyl sites for hydroxylation is 3. The van der Waals surface area contributed by atoms with Crippen molar-refractivity contribution in [2.45, 2.75) is 27.2 Å². The number of carbonyl (C=O) groups excluding carboxylic acids is 1. The van der Waals surface area contributed by atoms with Gasteiger partial charge in [-0.2, -0.15) is 0 Å². The highest BCUT2D eigenvalue weighted by Gasteiger charge is 2.13. The van der Waals surface area contributed by atoms with Gasteiger partial charge in [0.1, 0.15) is 0 Å². The monoisotopic (exact) mass is 239 g/mol. The van der Waals surface area contributed by atoms with Crippen LogP contribution in [-0.2, 0) is 6.42 Å². The minimum absolute atomic E-state index is 0.177. The Balaban J connectivity index is 2.30. The van der Waals surface area contributed by atoms with Gasteiger partial charge in [-0.15, -0.1) is 0 Å². The third-order valence-electron chi connectivity index (χ3n) is 3.07. The summed E-state index contributed by atoms with van der Waals surface area (Å²) in [6, 6.07) is 7.90. The van der Waals surface area contributed by atoms with Gasteiger partial charge in [0, 0.05) is 24.4 Å². The van der Waals surface area contributed by atoms with Gasteiger partial charge in [0.05, 0.1) is 0 Å². The summed E-state index contributed by atoms with van der Waals surface area (Å²) in [4.78, 5) is 16.3. The third kappa shape index (κ3) is 2.65. The van der Waals surface area contributed by atoms with E-state index in [4.69, 9.17) is 0 Å². The summed E-state index contributed by atoms with van der Waals surface area (Å²) in [5.41, 5.74) is 5.19. The minimum atomic E-state index is 0.177. The number of hydrogen-bond donors (Lipinski definition) is 0. The van der Waals surface area contributed by atoms with Gasteiger partial charge in [-0.25, -0.2) is 0 Å². The van der Waals surface area contributed by atoms with Gasteiger partial charge >= 0.3 is 0 Å². The molecule has 0 spiro atoms. The lowest BCUT2D eigenvalue weighted by Gasteiger charge is -2.10. The Kier molecular flexibility index (Phi) is 3.56. The first-order valence-corrected chi connectivity index (χ1v) is 6.08. The maximum atomic E-state index is 12.3. The Hall–Kier alpha value is -1.96. The fraction of sp³-hybridized carbons (Fsp3) is 0.250. The maximum absolute atomic E-state index is 12.3. The zero-order valence-corrected chi connectivity index (χ0v) is 11.0. The van der Waals surface area contributed by atoms with Crippen molar-refractivity contribution in [3.63, 3.8) is 0 Å². The predicted molar refractivity (Wildman–Crippen MR) is 72.9 cm³/mol. The minimum Gasteiger partial charge on any atom is -0.294 e. The highest BCUT2D eigenvalue weighted by Crippen LogP contribution is 2.18. The molecule has 1 aromatic heterocycles. The van der Waals surface area contributed by atoms with E-state index in [1.54, 1.807) is 12.4 Å². The number of carbonyl (C=O) groups is 1. The Bertz CT molecular complexity index is 550. The van der Waals surface area contributed by atoms with Gasteiger partial charge in [0.15, 0.2) is 5.78 Å². The van der Waals surface area contributed by atoms with Crippen molar-refractivity contribution in [2.75, 3.05) is 0 Å². The van der Waals surface area contributed by atoms with E-state index < -0.39 is 0 Å². The van der Waals surface area contributed by atoms with Crippen LogP contribution < -0.4 is 0 Å². The standard InChI is InChI=1S/C16H17NO/c1-11-8-12(2)16(13(3)9-11)15(18)10-14-4-6-17-7-5-14/h4-9H,10H2,1-3H3. The molecule has 0 aliphatic heterocycles. The van der Waals surface area contributed by atoms with Gasteiger partial charge in [-0.3, -0.25) is 9.78 Å². The van der Waals surface area contributed by atoms with Gasteiger partial charge in [-0.1, -0.05) is 17.7 Å². The number of Topliss-reactive ketones (excluding diaryl/α,β-unsaturated/α-hetero) is 1. The Morgan fingerprint density at radius 2 is 1.61 bits per heavy atom. The van der Waals surface area contributed by atoms with Crippen LogP contribution in [0.25, 0.3) is 0 Å². The molecular formula is C16H17NO. The van der Waals surface area contributed by atoms with Crippen molar-refractivity contribution in [3.8, 4) is 0 Å². The highest BCUT2D eigenvalue weighted by atomic mass is 16.1. The van der Waals surface area contributed by atoms with Gasteiger partial charge in [0.25, 0.3) is 0 Å². The van der Waals surface area contributed by atoms with E-state index in [9.17, 15) is 4.79 Å². The lowest BCUT2D eigenvalue weighted by atomic mass is 9.94. The highest BCUT2D eigenvalue weighted by molar-refractivity contribution is 6.00. The molecule has 0 radical (unpaired) electrons. The molecule has 0 saturated carbocycles. The number of rotatable bonds is 3. The summed E-state index contributed by atoms with van der Waals surface area (Å²) in [7, 11) is 0. The molecule has 2 heteroatoms.